The quantitative estimate of drug-likeness (QED) is 0.748. The molecule has 2 aliphatic heterocycles. The number of anilines is 1. The Kier molecular flexibility index (Phi) is 6.02. The van der Waals surface area contributed by atoms with E-state index in [1.165, 1.54) is 15.6 Å². The van der Waals surface area contributed by atoms with Crippen LogP contribution in [0, 0.1) is 0 Å². The van der Waals surface area contributed by atoms with Crippen LogP contribution in [0.5, 0.6) is 5.75 Å². The fraction of sp³-hybridized carbons (Fsp3) is 0.500. The van der Waals surface area contributed by atoms with Crippen molar-refractivity contribution >= 4 is 27.0 Å². The molecule has 3 heterocycles. The van der Waals surface area contributed by atoms with Gasteiger partial charge in [0.25, 0.3) is 15.9 Å². The van der Waals surface area contributed by atoms with Crippen LogP contribution in [-0.2, 0) is 10.0 Å². The van der Waals surface area contributed by atoms with Gasteiger partial charge in [0.2, 0.25) is 0 Å². The fourth-order valence-corrected chi connectivity index (χ4v) is 6.70. The van der Waals surface area contributed by atoms with Crippen molar-refractivity contribution in [2.45, 2.75) is 29.0 Å². The van der Waals surface area contributed by atoms with Crippen LogP contribution >= 0.6 is 11.3 Å². The van der Waals surface area contributed by atoms with Gasteiger partial charge < -0.3 is 14.9 Å². The number of phenolic OH excluding ortho intramolecular Hbond substituents is 1. The third-order valence-corrected chi connectivity index (χ3v) is 9.01. The molecule has 10 heteroatoms. The zero-order valence-corrected chi connectivity index (χ0v) is 18.1. The number of nitrogens with zero attached hydrogens (tertiary/aromatic N) is 3. The largest absolute Gasteiger partial charge is 0.508 e. The molecule has 0 aliphatic carbocycles. The van der Waals surface area contributed by atoms with E-state index in [4.69, 9.17) is 0 Å². The van der Waals surface area contributed by atoms with Crippen molar-refractivity contribution < 1.29 is 22.3 Å². The van der Waals surface area contributed by atoms with Crippen LogP contribution < -0.4 is 4.90 Å². The highest BCUT2D eigenvalue weighted by Crippen LogP contribution is 2.31. The van der Waals surface area contributed by atoms with Crippen molar-refractivity contribution in [2.24, 2.45) is 0 Å². The van der Waals surface area contributed by atoms with Gasteiger partial charge >= 0.3 is 0 Å². The van der Waals surface area contributed by atoms with Crippen LogP contribution in [-0.4, -0.2) is 74.0 Å². The van der Waals surface area contributed by atoms with Gasteiger partial charge in [0, 0.05) is 57.8 Å². The molecule has 0 saturated carbocycles. The highest BCUT2D eigenvalue weighted by Gasteiger charge is 2.38. The third-order valence-electron chi connectivity index (χ3n) is 5.77. The maximum Gasteiger partial charge on any atom is 0.252 e. The number of thiophene rings is 1. The van der Waals surface area contributed by atoms with E-state index in [0.717, 1.165) is 5.69 Å². The molecule has 30 heavy (non-hydrogen) atoms. The number of piperidine rings is 1. The summed E-state index contributed by atoms with van der Waals surface area (Å²) in [6.45, 7) is 2.22. The summed E-state index contributed by atoms with van der Waals surface area (Å²) in [5.74, 6) is -2.46. The first-order valence-corrected chi connectivity index (χ1v) is 12.3. The fourth-order valence-electron chi connectivity index (χ4n) is 4.08. The summed E-state index contributed by atoms with van der Waals surface area (Å²) in [6.07, 6.45) is -0.341. The number of sulfonamides is 1. The standard InChI is InChI=1S/C20H25F2N3O3S2/c21-20(22)7-9-23(10-8-20)14-17-15-24(30(27,28)19-2-1-13-29-19)11-12-25(17)16-3-5-18(26)6-4-16/h1-6,13,17,26H,7-12,14-15H2/t17-/m1/s1. The maximum atomic E-state index is 13.6. The van der Waals surface area contributed by atoms with Crippen LogP contribution in [0.4, 0.5) is 14.5 Å². The average molecular weight is 458 g/mol. The Bertz CT molecular complexity index is 942. The molecule has 0 radical (unpaired) electrons. The Balaban J connectivity index is 1.55. The lowest BCUT2D eigenvalue weighted by Gasteiger charge is -2.44. The number of rotatable bonds is 5. The summed E-state index contributed by atoms with van der Waals surface area (Å²) >= 11 is 1.19. The van der Waals surface area contributed by atoms with Crippen molar-refractivity contribution in [3.05, 3.63) is 41.8 Å². The van der Waals surface area contributed by atoms with Crippen LogP contribution in [0.3, 0.4) is 0 Å². The first kappa shape index (κ1) is 21.5. The molecule has 2 aromatic rings. The summed E-state index contributed by atoms with van der Waals surface area (Å²) in [7, 11) is -3.58. The smallest absolute Gasteiger partial charge is 0.252 e. The van der Waals surface area contributed by atoms with Gasteiger partial charge in [0.15, 0.2) is 0 Å². The molecule has 1 aromatic heterocycles. The second-order valence-corrected chi connectivity index (χ2v) is 10.9. The van der Waals surface area contributed by atoms with E-state index in [2.05, 4.69) is 4.90 Å². The molecule has 0 bridgehead atoms. The van der Waals surface area contributed by atoms with Crippen LogP contribution in [0.2, 0.25) is 0 Å². The lowest BCUT2D eigenvalue weighted by molar-refractivity contribution is -0.0562. The molecular weight excluding hydrogens is 432 g/mol. The van der Waals surface area contributed by atoms with Crippen LogP contribution in [0.15, 0.2) is 46.0 Å². The summed E-state index contributed by atoms with van der Waals surface area (Å²) in [6, 6.07) is 9.95. The Morgan fingerprint density at radius 3 is 2.40 bits per heavy atom. The number of alkyl halides is 2. The maximum absolute atomic E-state index is 13.6. The second kappa shape index (κ2) is 8.41. The van der Waals surface area contributed by atoms with Gasteiger partial charge in [-0.15, -0.1) is 11.3 Å². The van der Waals surface area contributed by atoms with E-state index in [9.17, 15) is 22.3 Å². The predicted molar refractivity (Wildman–Crippen MR) is 113 cm³/mol. The van der Waals surface area contributed by atoms with Crippen molar-refractivity contribution in [3.63, 3.8) is 0 Å². The summed E-state index contributed by atoms with van der Waals surface area (Å²) in [5, 5.41) is 11.3. The number of hydrogen-bond acceptors (Lipinski definition) is 6. The molecule has 0 unspecified atom stereocenters. The van der Waals surface area contributed by atoms with E-state index in [-0.39, 0.29) is 31.2 Å². The number of phenols is 1. The minimum atomic E-state index is -3.58. The monoisotopic (exact) mass is 457 g/mol. The topological polar surface area (TPSA) is 64.1 Å². The van der Waals surface area contributed by atoms with E-state index >= 15 is 0 Å². The minimum Gasteiger partial charge on any atom is -0.508 e. The van der Waals surface area contributed by atoms with Gasteiger partial charge in [-0.3, -0.25) is 0 Å². The molecule has 1 N–H and O–H groups in total. The average Bonchev–Trinajstić information content (AvgIpc) is 3.26. The number of halogens is 2. The Morgan fingerprint density at radius 1 is 1.07 bits per heavy atom. The summed E-state index contributed by atoms with van der Waals surface area (Å²) in [5.41, 5.74) is 0.883. The summed E-state index contributed by atoms with van der Waals surface area (Å²) < 4.78 is 55.0. The predicted octanol–water partition coefficient (Wildman–Crippen LogP) is 3.06. The van der Waals surface area contributed by atoms with Crippen molar-refractivity contribution in [2.75, 3.05) is 44.2 Å². The van der Waals surface area contributed by atoms with Gasteiger partial charge in [-0.2, -0.15) is 4.31 Å². The van der Waals surface area contributed by atoms with Crippen molar-refractivity contribution in [3.8, 4) is 5.75 Å². The Morgan fingerprint density at radius 2 is 1.77 bits per heavy atom. The molecule has 2 saturated heterocycles. The third kappa shape index (κ3) is 4.61. The van der Waals surface area contributed by atoms with E-state index in [1.54, 1.807) is 41.8 Å². The molecule has 164 valence electrons. The Hall–Kier alpha value is -1.75. The van der Waals surface area contributed by atoms with Crippen LogP contribution in [0.1, 0.15) is 12.8 Å². The first-order valence-electron chi connectivity index (χ1n) is 9.94. The van der Waals surface area contributed by atoms with Crippen molar-refractivity contribution in [1.82, 2.24) is 9.21 Å². The number of likely N-dealkylation sites (tertiary alicyclic amines) is 1. The first-order chi connectivity index (χ1) is 14.2. The van der Waals surface area contributed by atoms with E-state index in [1.807, 2.05) is 4.90 Å². The lowest BCUT2D eigenvalue weighted by Crippen LogP contribution is -2.59. The van der Waals surface area contributed by atoms with E-state index < -0.39 is 15.9 Å². The van der Waals surface area contributed by atoms with Gasteiger partial charge in [-0.05, 0) is 35.7 Å². The zero-order valence-electron chi connectivity index (χ0n) is 16.5. The normalized spacial score (nSPS) is 23.5. The Labute approximate surface area is 179 Å². The highest BCUT2D eigenvalue weighted by atomic mass is 32.2. The second-order valence-electron chi connectivity index (χ2n) is 7.82. The zero-order chi connectivity index (χ0) is 21.4. The lowest BCUT2D eigenvalue weighted by atomic mass is 10.0. The number of hydrogen-bond donors (Lipinski definition) is 1. The van der Waals surface area contributed by atoms with Crippen molar-refractivity contribution in [1.29, 1.82) is 0 Å². The molecule has 4 rings (SSSR count). The van der Waals surface area contributed by atoms with Crippen LogP contribution in [0.25, 0.3) is 0 Å². The van der Waals surface area contributed by atoms with Gasteiger partial charge in [0.1, 0.15) is 9.96 Å². The minimum absolute atomic E-state index is 0.160. The highest BCUT2D eigenvalue weighted by molar-refractivity contribution is 7.91. The SMILES string of the molecule is O=S(=O)(c1cccs1)N1CCN(c2ccc(O)cc2)[C@H](CN2CCC(F)(F)CC2)C1. The number of aromatic hydroxyl groups is 1. The molecule has 1 atom stereocenters. The molecule has 1 aromatic carbocycles. The number of piperazine rings is 1. The molecule has 6 nitrogen and oxygen atoms in total. The molecule has 2 aliphatic rings. The van der Waals surface area contributed by atoms with Gasteiger partial charge in [-0.25, -0.2) is 17.2 Å². The van der Waals surface area contributed by atoms with Gasteiger partial charge in [-0.1, -0.05) is 6.07 Å². The molecule has 0 amide bonds. The van der Waals surface area contributed by atoms with E-state index in [0.29, 0.717) is 36.9 Å². The molecule has 2 fully saturated rings. The van der Waals surface area contributed by atoms with Gasteiger partial charge in [0.05, 0.1) is 6.04 Å². The molecule has 0 spiro atoms. The molecular formula is C20H25F2N3O3S2. The number of benzene rings is 1. The summed E-state index contributed by atoms with van der Waals surface area (Å²) in [4.78, 5) is 4.11.